The zero-order chi connectivity index (χ0) is 13.4. The van der Waals surface area contributed by atoms with E-state index in [1.54, 1.807) is 11.8 Å². The van der Waals surface area contributed by atoms with E-state index < -0.39 is 8.07 Å². The van der Waals surface area contributed by atoms with Crippen LogP contribution >= 0.6 is 19.8 Å². The summed E-state index contributed by atoms with van der Waals surface area (Å²) in [6.45, 7) is 0. The van der Waals surface area contributed by atoms with Crippen molar-refractivity contribution in [2.24, 2.45) is 0 Å². The summed E-state index contributed by atoms with van der Waals surface area (Å²) in [4.78, 5) is 2.57. The second-order valence-electron chi connectivity index (χ2n) is 3.13. The zero-order valence-electron chi connectivity index (χ0n) is 9.17. The van der Waals surface area contributed by atoms with Crippen molar-refractivity contribution in [3.63, 3.8) is 0 Å². The molecule has 0 amide bonds. The lowest BCUT2D eigenvalue weighted by atomic mass is 10.4. The van der Waals surface area contributed by atoms with E-state index in [1.165, 1.54) is 9.79 Å². The van der Waals surface area contributed by atoms with Gasteiger partial charge in [-0.05, 0) is 24.3 Å². The first-order chi connectivity index (χ1) is 8.45. The van der Waals surface area contributed by atoms with Crippen LogP contribution in [-0.2, 0) is 4.57 Å². The molecule has 0 saturated heterocycles. The van der Waals surface area contributed by atoms with Crippen LogP contribution in [0.3, 0.4) is 0 Å². The predicted octanol–water partition coefficient (Wildman–Crippen LogP) is 5.84. The van der Waals surface area contributed by atoms with Crippen LogP contribution in [0.5, 0.6) is 0 Å². The maximum atomic E-state index is 9.91. The zero-order valence-corrected chi connectivity index (χ0v) is 10.9. The van der Waals surface area contributed by atoms with Gasteiger partial charge in [-0.25, -0.2) is 4.57 Å². The SMILES string of the molecule is O=P(F)(F)F.c1ccc(Sc2ccccc2)cc1. The molecule has 0 heterocycles. The first kappa shape index (κ1) is 14.9. The molecule has 0 fully saturated rings. The Morgan fingerprint density at radius 1 is 0.722 bits per heavy atom. The minimum absolute atomic E-state index is 1.29. The smallest absolute Gasteiger partial charge is 0.215 e. The van der Waals surface area contributed by atoms with Crippen LogP contribution in [0.25, 0.3) is 0 Å². The van der Waals surface area contributed by atoms with E-state index in [2.05, 4.69) is 48.5 Å². The van der Waals surface area contributed by atoms with Crippen molar-refractivity contribution in [2.75, 3.05) is 0 Å². The molecule has 0 aliphatic rings. The summed E-state index contributed by atoms with van der Waals surface area (Å²) in [6.07, 6.45) is 0. The highest BCUT2D eigenvalue weighted by Gasteiger charge is 2.13. The third kappa shape index (κ3) is 7.98. The molecule has 0 saturated carbocycles. The lowest BCUT2D eigenvalue weighted by molar-refractivity contribution is 0.440. The molecule has 0 N–H and O–H groups in total. The van der Waals surface area contributed by atoms with Gasteiger partial charge in [-0.1, -0.05) is 48.2 Å². The van der Waals surface area contributed by atoms with Gasteiger partial charge in [-0.3, -0.25) is 0 Å². The van der Waals surface area contributed by atoms with Gasteiger partial charge in [0.1, 0.15) is 0 Å². The molecule has 2 rings (SSSR count). The van der Waals surface area contributed by atoms with Gasteiger partial charge >= 0.3 is 8.07 Å². The van der Waals surface area contributed by atoms with E-state index >= 15 is 0 Å². The van der Waals surface area contributed by atoms with Crippen LogP contribution in [0.15, 0.2) is 70.5 Å². The average Bonchev–Trinajstić information content (AvgIpc) is 2.29. The molecule has 0 bridgehead atoms. The van der Waals surface area contributed by atoms with Crippen molar-refractivity contribution >= 4 is 19.8 Å². The third-order valence-corrected chi connectivity index (χ3v) is 2.74. The Balaban J connectivity index is 0.000000280. The molecule has 0 aromatic heterocycles. The highest BCUT2D eigenvalue weighted by atomic mass is 32.2. The van der Waals surface area contributed by atoms with Crippen LogP contribution in [0.1, 0.15) is 0 Å². The molecular formula is C12H10F3OPS. The van der Waals surface area contributed by atoms with Gasteiger partial charge in [0.25, 0.3) is 0 Å². The van der Waals surface area contributed by atoms with E-state index in [0.29, 0.717) is 0 Å². The molecule has 6 heteroatoms. The van der Waals surface area contributed by atoms with Gasteiger partial charge in [0.2, 0.25) is 0 Å². The Labute approximate surface area is 108 Å². The molecule has 0 spiro atoms. The highest BCUT2D eigenvalue weighted by Crippen LogP contribution is 2.50. The monoisotopic (exact) mass is 290 g/mol. The quantitative estimate of drug-likeness (QED) is 0.646. The third-order valence-electron chi connectivity index (χ3n) is 1.72. The minimum Gasteiger partial charge on any atom is -0.215 e. The standard InChI is InChI=1S/C12H10S.F3OP/c1-3-7-11(8-4-1)13-12-9-5-2-6-10-12;1-5(2,3)4/h1-10H;. The first-order valence-electron chi connectivity index (χ1n) is 4.92. The van der Waals surface area contributed by atoms with E-state index in [1.807, 2.05) is 12.1 Å². The van der Waals surface area contributed by atoms with Gasteiger partial charge < -0.3 is 0 Å². The second-order valence-corrected chi connectivity index (χ2v) is 5.07. The number of rotatable bonds is 2. The average molecular weight is 290 g/mol. The van der Waals surface area contributed by atoms with E-state index in [0.717, 1.165) is 0 Å². The summed E-state index contributed by atoms with van der Waals surface area (Å²) in [5, 5.41) is 0. The van der Waals surface area contributed by atoms with Crippen molar-refractivity contribution < 1.29 is 17.2 Å². The number of benzene rings is 2. The van der Waals surface area contributed by atoms with E-state index in [9.17, 15) is 12.6 Å². The Bertz CT molecular complexity index is 455. The predicted molar refractivity (Wildman–Crippen MR) is 67.9 cm³/mol. The van der Waals surface area contributed by atoms with E-state index in [-0.39, 0.29) is 0 Å². The number of halogens is 3. The number of hydrogen-bond donors (Lipinski definition) is 0. The Hall–Kier alpha value is -1.19. The summed E-state index contributed by atoms with van der Waals surface area (Å²) in [5.74, 6) is 0. The lowest BCUT2D eigenvalue weighted by Gasteiger charge is -1.99. The van der Waals surface area contributed by atoms with Crippen LogP contribution in [0.4, 0.5) is 12.6 Å². The van der Waals surface area contributed by atoms with Crippen LogP contribution in [0.2, 0.25) is 0 Å². The molecule has 0 unspecified atom stereocenters. The molecule has 0 radical (unpaired) electrons. The summed E-state index contributed by atoms with van der Waals surface area (Å²) < 4.78 is 37.9. The molecule has 18 heavy (non-hydrogen) atoms. The molecule has 0 atom stereocenters. The number of hydrogen-bond acceptors (Lipinski definition) is 2. The van der Waals surface area contributed by atoms with Crippen LogP contribution in [-0.4, -0.2) is 0 Å². The maximum Gasteiger partial charge on any atom is 0.591 e. The van der Waals surface area contributed by atoms with Gasteiger partial charge in [0, 0.05) is 9.79 Å². The topological polar surface area (TPSA) is 17.1 Å². The van der Waals surface area contributed by atoms with Crippen molar-refractivity contribution in [3.8, 4) is 0 Å². The fraction of sp³-hybridized carbons (Fsp3) is 0. The normalized spacial score (nSPS) is 10.4. The molecule has 0 aliphatic carbocycles. The van der Waals surface area contributed by atoms with Crippen molar-refractivity contribution in [2.45, 2.75) is 9.79 Å². The summed E-state index contributed by atoms with van der Waals surface area (Å²) >= 11 is 1.79. The van der Waals surface area contributed by atoms with Crippen LogP contribution < -0.4 is 0 Å². The van der Waals surface area contributed by atoms with Gasteiger partial charge in [-0.2, -0.15) is 0 Å². The lowest BCUT2D eigenvalue weighted by Crippen LogP contribution is -1.70. The highest BCUT2D eigenvalue weighted by molar-refractivity contribution is 7.99. The summed E-state index contributed by atoms with van der Waals surface area (Å²) in [5.41, 5.74) is 0. The Morgan fingerprint density at radius 2 is 1.00 bits per heavy atom. The Kier molecular flexibility index (Phi) is 6.02. The van der Waals surface area contributed by atoms with Crippen LogP contribution in [0, 0.1) is 0 Å². The fourth-order valence-corrected chi connectivity index (χ4v) is 1.97. The largest absolute Gasteiger partial charge is 0.591 e. The molecule has 0 aliphatic heterocycles. The Morgan fingerprint density at radius 3 is 1.28 bits per heavy atom. The molecular weight excluding hydrogens is 280 g/mol. The van der Waals surface area contributed by atoms with E-state index in [4.69, 9.17) is 4.57 Å². The van der Waals surface area contributed by atoms with Gasteiger partial charge in [-0.15, -0.1) is 12.6 Å². The summed E-state index contributed by atoms with van der Waals surface area (Å²) in [6, 6.07) is 20.8. The molecule has 2 aromatic rings. The molecule has 1 nitrogen and oxygen atoms in total. The van der Waals surface area contributed by atoms with Crippen molar-refractivity contribution in [3.05, 3.63) is 60.7 Å². The van der Waals surface area contributed by atoms with Gasteiger partial charge in [0.15, 0.2) is 0 Å². The summed E-state index contributed by atoms with van der Waals surface area (Å²) in [7, 11) is -6.14. The first-order valence-corrected chi connectivity index (χ1v) is 7.12. The van der Waals surface area contributed by atoms with Crippen molar-refractivity contribution in [1.29, 1.82) is 0 Å². The second kappa shape index (κ2) is 7.29. The van der Waals surface area contributed by atoms with Crippen molar-refractivity contribution in [1.82, 2.24) is 0 Å². The molecule has 2 aromatic carbocycles. The minimum atomic E-state index is -6.14. The maximum absolute atomic E-state index is 9.91. The van der Waals surface area contributed by atoms with Gasteiger partial charge in [0.05, 0.1) is 0 Å². The molecule has 96 valence electrons. The fourth-order valence-electron chi connectivity index (χ4n) is 1.11.